The van der Waals surface area contributed by atoms with Crippen molar-refractivity contribution in [2.24, 2.45) is 0 Å². The van der Waals surface area contributed by atoms with E-state index in [4.69, 9.17) is 0 Å². The van der Waals surface area contributed by atoms with Crippen molar-refractivity contribution in [3.8, 4) is 0 Å². The van der Waals surface area contributed by atoms with Gasteiger partial charge in [-0.2, -0.15) is 0 Å². The standard InChI is InChI=1S/C18H24N6S/c1-2-13(1)18-22-21-17(25-18)11-23-9-6-15(7-10-23)24(14-3-4-14)16-5-8-19-12-20-16/h5,8,12-15H,1-4,6-7,9-11H2. The Labute approximate surface area is 152 Å². The molecule has 0 unspecified atom stereocenters. The van der Waals surface area contributed by atoms with Crippen molar-refractivity contribution in [2.45, 2.75) is 63.1 Å². The molecule has 6 nitrogen and oxygen atoms in total. The van der Waals surface area contributed by atoms with E-state index in [1.165, 1.54) is 48.5 Å². The maximum atomic E-state index is 4.51. The molecule has 0 radical (unpaired) electrons. The fourth-order valence-electron chi connectivity index (χ4n) is 3.83. The zero-order chi connectivity index (χ0) is 16.6. The molecule has 3 aliphatic rings. The number of hydrogen-bond donors (Lipinski definition) is 0. The number of piperidine rings is 1. The molecule has 2 aliphatic carbocycles. The number of anilines is 1. The van der Waals surface area contributed by atoms with Gasteiger partial charge in [0, 0.05) is 37.3 Å². The van der Waals surface area contributed by atoms with E-state index in [9.17, 15) is 0 Å². The van der Waals surface area contributed by atoms with Crippen LogP contribution < -0.4 is 4.90 Å². The summed E-state index contributed by atoms with van der Waals surface area (Å²) in [5.74, 6) is 1.83. The van der Waals surface area contributed by atoms with Crippen LogP contribution in [0.15, 0.2) is 18.6 Å². The van der Waals surface area contributed by atoms with Crippen LogP contribution in [0, 0.1) is 0 Å². The lowest BCUT2D eigenvalue weighted by Gasteiger charge is -2.39. The average Bonchev–Trinajstić information content (AvgIpc) is 3.58. The molecular formula is C18H24N6S. The first kappa shape index (κ1) is 15.6. The van der Waals surface area contributed by atoms with Crippen molar-refractivity contribution < 1.29 is 0 Å². The number of rotatable bonds is 6. The smallest absolute Gasteiger partial charge is 0.132 e. The fraction of sp³-hybridized carbons (Fsp3) is 0.667. The van der Waals surface area contributed by atoms with Crippen molar-refractivity contribution in [3.05, 3.63) is 28.6 Å². The summed E-state index contributed by atoms with van der Waals surface area (Å²) >= 11 is 1.82. The van der Waals surface area contributed by atoms with Crippen LogP contribution in [0.4, 0.5) is 5.82 Å². The molecule has 2 aromatic rings. The predicted octanol–water partition coefficient (Wildman–Crippen LogP) is 2.84. The SMILES string of the molecule is c1cc(N(C2CC2)C2CCN(Cc3nnc(C4CC4)s3)CC2)ncn1. The molecule has 7 heteroatoms. The van der Waals surface area contributed by atoms with Gasteiger partial charge in [-0.15, -0.1) is 10.2 Å². The third kappa shape index (κ3) is 3.53. The first-order valence-corrected chi connectivity index (χ1v) is 10.3. The summed E-state index contributed by atoms with van der Waals surface area (Å²) in [6, 6.07) is 3.36. The second-order valence-corrected chi connectivity index (χ2v) is 8.62. The first-order chi connectivity index (χ1) is 12.4. The van der Waals surface area contributed by atoms with Gasteiger partial charge in [0.05, 0.1) is 6.54 Å². The van der Waals surface area contributed by atoms with Gasteiger partial charge < -0.3 is 4.90 Å². The Morgan fingerprint density at radius 3 is 2.52 bits per heavy atom. The lowest BCUT2D eigenvalue weighted by atomic mass is 10.0. The summed E-state index contributed by atoms with van der Waals surface area (Å²) in [4.78, 5) is 13.7. The molecule has 3 fully saturated rings. The number of aromatic nitrogens is 4. The molecule has 2 saturated carbocycles. The lowest BCUT2D eigenvalue weighted by molar-refractivity contribution is 0.200. The molecule has 0 bridgehead atoms. The van der Waals surface area contributed by atoms with Gasteiger partial charge in [0.15, 0.2) is 0 Å². The Kier molecular flexibility index (Phi) is 4.13. The molecule has 2 aromatic heterocycles. The largest absolute Gasteiger partial charge is 0.350 e. The van der Waals surface area contributed by atoms with Crippen LogP contribution in [0.3, 0.4) is 0 Å². The predicted molar refractivity (Wildman–Crippen MR) is 97.7 cm³/mol. The quantitative estimate of drug-likeness (QED) is 0.793. The first-order valence-electron chi connectivity index (χ1n) is 9.46. The van der Waals surface area contributed by atoms with E-state index in [-0.39, 0.29) is 0 Å². The molecule has 0 atom stereocenters. The van der Waals surface area contributed by atoms with E-state index >= 15 is 0 Å². The van der Waals surface area contributed by atoms with Crippen molar-refractivity contribution in [2.75, 3.05) is 18.0 Å². The van der Waals surface area contributed by atoms with Crippen LogP contribution in [0.2, 0.25) is 0 Å². The van der Waals surface area contributed by atoms with Crippen LogP contribution in [0.1, 0.15) is 54.5 Å². The third-order valence-electron chi connectivity index (χ3n) is 5.49. The highest BCUT2D eigenvalue weighted by Gasteiger charge is 2.36. The molecule has 0 aromatic carbocycles. The normalized spacial score (nSPS) is 22.2. The Morgan fingerprint density at radius 2 is 1.84 bits per heavy atom. The molecule has 5 rings (SSSR count). The van der Waals surface area contributed by atoms with Gasteiger partial charge in [-0.3, -0.25) is 4.90 Å². The number of nitrogens with zero attached hydrogens (tertiary/aromatic N) is 6. The van der Waals surface area contributed by atoms with E-state index in [2.05, 4.69) is 36.0 Å². The van der Waals surface area contributed by atoms with Gasteiger partial charge in [0.25, 0.3) is 0 Å². The van der Waals surface area contributed by atoms with Crippen molar-refractivity contribution >= 4 is 17.2 Å². The van der Waals surface area contributed by atoms with Gasteiger partial charge >= 0.3 is 0 Å². The highest BCUT2D eigenvalue weighted by Crippen LogP contribution is 2.41. The van der Waals surface area contributed by atoms with Crippen LogP contribution in [-0.2, 0) is 6.54 Å². The summed E-state index contributed by atoms with van der Waals surface area (Å²) in [5.41, 5.74) is 0. The molecular weight excluding hydrogens is 332 g/mol. The zero-order valence-corrected chi connectivity index (χ0v) is 15.2. The molecule has 3 heterocycles. The lowest BCUT2D eigenvalue weighted by Crippen LogP contribution is -2.46. The van der Waals surface area contributed by atoms with Gasteiger partial charge in [0.1, 0.15) is 22.2 Å². The summed E-state index contributed by atoms with van der Waals surface area (Å²) in [6.07, 6.45) is 11.2. The summed E-state index contributed by atoms with van der Waals surface area (Å²) in [7, 11) is 0. The van der Waals surface area contributed by atoms with Crippen molar-refractivity contribution in [1.29, 1.82) is 0 Å². The Balaban J connectivity index is 1.20. The Morgan fingerprint density at radius 1 is 1.04 bits per heavy atom. The van der Waals surface area contributed by atoms with Gasteiger partial charge in [-0.25, -0.2) is 9.97 Å². The van der Waals surface area contributed by atoms with Crippen molar-refractivity contribution in [1.82, 2.24) is 25.1 Å². The molecule has 0 N–H and O–H groups in total. The molecule has 0 amide bonds. The van der Waals surface area contributed by atoms with E-state index < -0.39 is 0 Å². The van der Waals surface area contributed by atoms with Crippen LogP contribution in [0.5, 0.6) is 0 Å². The molecule has 132 valence electrons. The number of likely N-dealkylation sites (tertiary alicyclic amines) is 1. The second-order valence-electron chi connectivity index (χ2n) is 7.52. The zero-order valence-electron chi connectivity index (χ0n) is 14.4. The summed E-state index contributed by atoms with van der Waals surface area (Å²) < 4.78 is 0. The topological polar surface area (TPSA) is 58.0 Å². The summed E-state index contributed by atoms with van der Waals surface area (Å²) in [5, 5.41) is 11.2. The number of hydrogen-bond acceptors (Lipinski definition) is 7. The highest BCUT2D eigenvalue weighted by atomic mass is 32.1. The van der Waals surface area contributed by atoms with E-state index in [0.717, 1.165) is 31.4 Å². The monoisotopic (exact) mass is 356 g/mol. The maximum Gasteiger partial charge on any atom is 0.132 e. The van der Waals surface area contributed by atoms with Crippen molar-refractivity contribution in [3.63, 3.8) is 0 Å². The Hall–Kier alpha value is -1.60. The van der Waals surface area contributed by atoms with Gasteiger partial charge in [0.2, 0.25) is 0 Å². The van der Waals surface area contributed by atoms with E-state index in [1.54, 1.807) is 6.33 Å². The molecule has 0 spiro atoms. The second kappa shape index (κ2) is 6.61. The van der Waals surface area contributed by atoms with Gasteiger partial charge in [-0.1, -0.05) is 11.3 Å². The summed E-state index contributed by atoms with van der Waals surface area (Å²) in [6.45, 7) is 3.24. The minimum Gasteiger partial charge on any atom is -0.350 e. The fourth-order valence-corrected chi connectivity index (χ4v) is 4.89. The Bertz CT molecular complexity index is 703. The average molecular weight is 356 g/mol. The van der Waals surface area contributed by atoms with E-state index in [1.807, 2.05) is 17.5 Å². The van der Waals surface area contributed by atoms with Crippen LogP contribution in [-0.4, -0.2) is 50.2 Å². The van der Waals surface area contributed by atoms with Gasteiger partial charge in [-0.05, 0) is 44.6 Å². The van der Waals surface area contributed by atoms with E-state index in [0.29, 0.717) is 12.1 Å². The van der Waals surface area contributed by atoms with Crippen LogP contribution in [0.25, 0.3) is 0 Å². The third-order valence-corrected chi connectivity index (χ3v) is 6.56. The van der Waals surface area contributed by atoms with Crippen LogP contribution >= 0.6 is 11.3 Å². The maximum absolute atomic E-state index is 4.51. The highest BCUT2D eigenvalue weighted by molar-refractivity contribution is 7.11. The molecule has 1 saturated heterocycles. The molecule has 25 heavy (non-hydrogen) atoms. The minimum atomic E-state index is 0.607. The minimum absolute atomic E-state index is 0.607. The molecule has 1 aliphatic heterocycles.